The summed E-state index contributed by atoms with van der Waals surface area (Å²) in [5.41, 5.74) is 1.30. The highest BCUT2D eigenvalue weighted by atomic mass is 16.5. The van der Waals surface area contributed by atoms with Gasteiger partial charge in [-0.3, -0.25) is 9.89 Å². The Labute approximate surface area is 170 Å². The zero-order chi connectivity index (χ0) is 19.6. The lowest BCUT2D eigenvalue weighted by molar-refractivity contribution is 0.0195. The smallest absolute Gasteiger partial charge is 0.193 e. The number of likely N-dealkylation sites (tertiary alicyclic amines) is 1. The van der Waals surface area contributed by atoms with E-state index in [1.165, 1.54) is 12.1 Å². The van der Waals surface area contributed by atoms with Crippen molar-refractivity contribution in [1.29, 1.82) is 0 Å². The molecule has 3 rings (SSSR count). The van der Waals surface area contributed by atoms with Crippen molar-refractivity contribution in [2.24, 2.45) is 4.99 Å². The minimum atomic E-state index is 0.640. The summed E-state index contributed by atoms with van der Waals surface area (Å²) >= 11 is 0. The molecule has 0 saturated carbocycles. The van der Waals surface area contributed by atoms with Gasteiger partial charge in [-0.2, -0.15) is 0 Å². The van der Waals surface area contributed by atoms with Crippen LogP contribution in [0.2, 0.25) is 0 Å². The van der Waals surface area contributed by atoms with Gasteiger partial charge in [-0.25, -0.2) is 0 Å². The van der Waals surface area contributed by atoms with E-state index in [4.69, 9.17) is 9.73 Å². The summed E-state index contributed by atoms with van der Waals surface area (Å²) in [7, 11) is 0. The van der Waals surface area contributed by atoms with Crippen LogP contribution in [0.25, 0.3) is 0 Å². The SMILES string of the molecule is CCNC(=NCCCN(CC)c1ccccc1)N1CCC(N2CCOCC2)C1. The second kappa shape index (κ2) is 11.3. The van der Waals surface area contributed by atoms with Crippen LogP contribution < -0.4 is 10.2 Å². The largest absolute Gasteiger partial charge is 0.379 e. The maximum Gasteiger partial charge on any atom is 0.193 e. The summed E-state index contributed by atoms with van der Waals surface area (Å²) in [6.45, 7) is 14.3. The van der Waals surface area contributed by atoms with E-state index in [9.17, 15) is 0 Å². The Morgan fingerprint density at radius 1 is 1.18 bits per heavy atom. The van der Waals surface area contributed by atoms with Gasteiger partial charge in [0, 0.05) is 64.1 Å². The molecule has 0 aliphatic carbocycles. The molecule has 1 aromatic carbocycles. The first-order valence-electron chi connectivity index (χ1n) is 11.0. The first-order chi connectivity index (χ1) is 13.8. The minimum absolute atomic E-state index is 0.640. The lowest BCUT2D eigenvalue weighted by Gasteiger charge is -2.32. The van der Waals surface area contributed by atoms with Crippen molar-refractivity contribution < 1.29 is 4.74 Å². The molecule has 2 fully saturated rings. The van der Waals surface area contributed by atoms with E-state index < -0.39 is 0 Å². The number of aliphatic imine (C=N–C) groups is 1. The van der Waals surface area contributed by atoms with Crippen LogP contribution in [0.1, 0.15) is 26.7 Å². The van der Waals surface area contributed by atoms with Crippen molar-refractivity contribution in [1.82, 2.24) is 15.1 Å². The van der Waals surface area contributed by atoms with Gasteiger partial charge in [0.25, 0.3) is 0 Å². The number of hydrogen-bond acceptors (Lipinski definition) is 4. The molecule has 6 nitrogen and oxygen atoms in total. The van der Waals surface area contributed by atoms with Crippen molar-refractivity contribution in [3.63, 3.8) is 0 Å². The van der Waals surface area contributed by atoms with E-state index in [-0.39, 0.29) is 0 Å². The number of nitrogens with one attached hydrogen (secondary N) is 1. The molecule has 1 N–H and O–H groups in total. The van der Waals surface area contributed by atoms with Gasteiger partial charge >= 0.3 is 0 Å². The van der Waals surface area contributed by atoms with E-state index in [1.54, 1.807) is 0 Å². The van der Waals surface area contributed by atoms with Gasteiger partial charge in [0.1, 0.15) is 0 Å². The molecule has 0 spiro atoms. The molecular formula is C22H37N5O. The predicted molar refractivity (Wildman–Crippen MR) is 117 cm³/mol. The third-order valence-electron chi connectivity index (χ3n) is 5.71. The molecule has 28 heavy (non-hydrogen) atoms. The molecule has 0 amide bonds. The number of anilines is 1. The summed E-state index contributed by atoms with van der Waals surface area (Å²) < 4.78 is 5.50. The van der Waals surface area contributed by atoms with Crippen LogP contribution in [0.3, 0.4) is 0 Å². The molecule has 156 valence electrons. The number of benzene rings is 1. The van der Waals surface area contributed by atoms with Crippen molar-refractivity contribution in [3.8, 4) is 0 Å². The van der Waals surface area contributed by atoms with Gasteiger partial charge in [0.15, 0.2) is 5.96 Å². The Morgan fingerprint density at radius 3 is 2.68 bits per heavy atom. The quantitative estimate of drug-likeness (QED) is 0.421. The molecule has 1 aromatic rings. The van der Waals surface area contributed by atoms with Crippen LogP contribution in [-0.2, 0) is 4.74 Å². The van der Waals surface area contributed by atoms with E-state index in [0.717, 1.165) is 78.0 Å². The molecule has 0 aromatic heterocycles. The van der Waals surface area contributed by atoms with Crippen LogP contribution in [0.15, 0.2) is 35.3 Å². The highest BCUT2D eigenvalue weighted by Crippen LogP contribution is 2.17. The first kappa shape index (κ1) is 20.9. The molecule has 2 heterocycles. The zero-order valence-electron chi connectivity index (χ0n) is 17.6. The van der Waals surface area contributed by atoms with E-state index >= 15 is 0 Å². The molecule has 1 atom stereocenters. The highest BCUT2D eigenvalue weighted by Gasteiger charge is 2.30. The number of guanidine groups is 1. The molecule has 2 saturated heterocycles. The number of para-hydroxylation sites is 1. The highest BCUT2D eigenvalue weighted by molar-refractivity contribution is 5.80. The first-order valence-corrected chi connectivity index (χ1v) is 11.0. The van der Waals surface area contributed by atoms with Gasteiger partial charge in [-0.15, -0.1) is 0 Å². The molecule has 0 bridgehead atoms. The average molecular weight is 388 g/mol. The summed E-state index contributed by atoms with van der Waals surface area (Å²) in [4.78, 5) is 12.4. The third kappa shape index (κ3) is 5.85. The van der Waals surface area contributed by atoms with Crippen molar-refractivity contribution in [2.45, 2.75) is 32.7 Å². The number of ether oxygens (including phenoxy) is 1. The summed E-state index contributed by atoms with van der Waals surface area (Å²) in [5, 5.41) is 3.50. The minimum Gasteiger partial charge on any atom is -0.379 e. The summed E-state index contributed by atoms with van der Waals surface area (Å²) in [6, 6.07) is 11.3. The van der Waals surface area contributed by atoms with Crippen molar-refractivity contribution in [3.05, 3.63) is 30.3 Å². The molecular weight excluding hydrogens is 350 g/mol. The molecule has 1 unspecified atom stereocenters. The van der Waals surface area contributed by atoms with E-state index in [0.29, 0.717) is 6.04 Å². The van der Waals surface area contributed by atoms with E-state index in [2.05, 4.69) is 64.2 Å². The monoisotopic (exact) mass is 387 g/mol. The third-order valence-corrected chi connectivity index (χ3v) is 5.71. The fourth-order valence-corrected chi connectivity index (χ4v) is 4.16. The lowest BCUT2D eigenvalue weighted by Crippen LogP contribution is -2.46. The molecule has 0 radical (unpaired) electrons. The summed E-state index contributed by atoms with van der Waals surface area (Å²) in [5.74, 6) is 1.08. The van der Waals surface area contributed by atoms with Gasteiger partial charge in [-0.05, 0) is 38.8 Å². The van der Waals surface area contributed by atoms with Crippen LogP contribution in [0.4, 0.5) is 5.69 Å². The number of hydrogen-bond donors (Lipinski definition) is 1. The van der Waals surface area contributed by atoms with Gasteiger partial charge < -0.3 is 19.9 Å². The zero-order valence-corrected chi connectivity index (χ0v) is 17.6. The Balaban J connectivity index is 1.48. The number of rotatable bonds is 8. The second-order valence-electron chi connectivity index (χ2n) is 7.54. The standard InChI is InChI=1S/C22H37N5O/c1-3-23-22(27-14-11-21(19-27)26-15-17-28-18-16-26)24-12-8-13-25(4-2)20-9-6-5-7-10-20/h5-7,9-10,21H,3-4,8,11-19H2,1-2H3,(H,23,24). The van der Waals surface area contributed by atoms with Crippen LogP contribution >= 0.6 is 0 Å². The number of nitrogens with zero attached hydrogens (tertiary/aromatic N) is 4. The van der Waals surface area contributed by atoms with Crippen LogP contribution in [0, 0.1) is 0 Å². The van der Waals surface area contributed by atoms with Crippen molar-refractivity contribution >= 4 is 11.6 Å². The summed E-state index contributed by atoms with van der Waals surface area (Å²) in [6.07, 6.45) is 2.29. The van der Waals surface area contributed by atoms with Crippen molar-refractivity contribution in [2.75, 3.05) is 70.5 Å². The predicted octanol–water partition coefficient (Wildman–Crippen LogP) is 2.28. The van der Waals surface area contributed by atoms with E-state index in [1.807, 2.05) is 0 Å². The maximum atomic E-state index is 5.50. The van der Waals surface area contributed by atoms with Crippen LogP contribution in [-0.4, -0.2) is 87.4 Å². The normalized spacial score (nSPS) is 21.1. The average Bonchev–Trinajstić information content (AvgIpc) is 3.24. The number of morpholine rings is 1. The Bertz CT molecular complexity index is 588. The van der Waals surface area contributed by atoms with Gasteiger partial charge in [0.05, 0.1) is 13.2 Å². The second-order valence-corrected chi connectivity index (χ2v) is 7.54. The Kier molecular flexibility index (Phi) is 8.42. The van der Waals surface area contributed by atoms with Gasteiger partial charge in [0.2, 0.25) is 0 Å². The molecule has 2 aliphatic rings. The maximum absolute atomic E-state index is 5.50. The molecule has 6 heteroatoms. The van der Waals surface area contributed by atoms with Crippen LogP contribution in [0.5, 0.6) is 0 Å². The Morgan fingerprint density at radius 2 is 1.96 bits per heavy atom. The fourth-order valence-electron chi connectivity index (χ4n) is 4.16. The topological polar surface area (TPSA) is 43.3 Å². The van der Waals surface area contributed by atoms with Gasteiger partial charge in [-0.1, -0.05) is 18.2 Å². The Hall–Kier alpha value is -1.79. The fraction of sp³-hybridized carbons (Fsp3) is 0.682. The molecule has 2 aliphatic heterocycles. The lowest BCUT2D eigenvalue weighted by atomic mass is 10.2.